The maximum absolute atomic E-state index is 12.4. The molecule has 0 fully saturated rings. The highest BCUT2D eigenvalue weighted by Gasteiger charge is 2.14. The maximum Gasteiger partial charge on any atom is 0.251 e. The lowest BCUT2D eigenvalue weighted by atomic mass is 10.1. The van der Waals surface area contributed by atoms with Crippen molar-refractivity contribution in [2.24, 2.45) is 0 Å². The van der Waals surface area contributed by atoms with Gasteiger partial charge in [0.05, 0.1) is 18.1 Å². The van der Waals surface area contributed by atoms with Gasteiger partial charge in [-0.3, -0.25) is 4.79 Å². The highest BCUT2D eigenvalue weighted by atomic mass is 32.2. The first-order valence-electron chi connectivity index (χ1n) is 9.28. The van der Waals surface area contributed by atoms with Crippen LogP contribution >= 0.6 is 11.8 Å². The lowest BCUT2D eigenvalue weighted by Gasteiger charge is -2.11. The molecule has 0 spiro atoms. The van der Waals surface area contributed by atoms with Crippen LogP contribution < -0.4 is 10.6 Å². The molecule has 2 heterocycles. The average molecular weight is 399 g/mol. The van der Waals surface area contributed by atoms with Gasteiger partial charge in [0.15, 0.2) is 10.8 Å². The molecule has 0 atom stereocenters. The molecule has 28 heavy (non-hydrogen) atoms. The van der Waals surface area contributed by atoms with E-state index in [4.69, 9.17) is 0 Å². The first-order chi connectivity index (χ1) is 13.4. The first-order valence-corrected chi connectivity index (χ1v) is 10.5. The van der Waals surface area contributed by atoms with Crippen molar-refractivity contribution in [1.82, 2.24) is 25.1 Å². The maximum atomic E-state index is 12.4. The smallest absolute Gasteiger partial charge is 0.251 e. The highest BCUT2D eigenvalue weighted by Crippen LogP contribution is 2.23. The topological polar surface area (TPSA) is 84.7 Å². The van der Waals surface area contributed by atoms with E-state index in [1.54, 1.807) is 6.20 Å². The van der Waals surface area contributed by atoms with Crippen molar-refractivity contribution in [3.05, 3.63) is 41.1 Å². The fourth-order valence-corrected chi connectivity index (χ4v) is 3.42. The molecule has 1 aromatic carbocycles. The zero-order chi connectivity index (χ0) is 20.3. The molecule has 0 saturated carbocycles. The van der Waals surface area contributed by atoms with Gasteiger partial charge in [0.2, 0.25) is 0 Å². The number of aryl methyl sites for hydroxylation is 2. The Bertz CT molecular complexity index is 978. The van der Waals surface area contributed by atoms with Crippen molar-refractivity contribution in [1.29, 1.82) is 0 Å². The fourth-order valence-electron chi connectivity index (χ4n) is 3.06. The number of nitrogens with one attached hydrogen (secondary N) is 2. The molecule has 1 amide bonds. The largest absolute Gasteiger partial charge is 0.367 e. The van der Waals surface area contributed by atoms with Crippen LogP contribution in [0, 0.1) is 13.8 Å². The molecule has 8 heteroatoms. The molecule has 0 bridgehead atoms. The number of benzene rings is 1. The van der Waals surface area contributed by atoms with Gasteiger partial charge in [-0.2, -0.15) is 5.10 Å². The number of thioether (sulfide) groups is 1. The third-order valence-electron chi connectivity index (χ3n) is 4.18. The van der Waals surface area contributed by atoms with E-state index in [1.165, 1.54) is 11.8 Å². The Morgan fingerprint density at radius 2 is 1.89 bits per heavy atom. The summed E-state index contributed by atoms with van der Waals surface area (Å²) in [6.07, 6.45) is 3.72. The fraction of sp³-hybridized carbons (Fsp3) is 0.400. The van der Waals surface area contributed by atoms with Gasteiger partial charge in [0, 0.05) is 18.2 Å². The zero-order valence-corrected chi connectivity index (χ0v) is 17.7. The van der Waals surface area contributed by atoms with Gasteiger partial charge in [0.25, 0.3) is 5.91 Å². The third-order valence-corrected chi connectivity index (χ3v) is 4.72. The minimum absolute atomic E-state index is 0.0788. The van der Waals surface area contributed by atoms with Crippen LogP contribution in [0.15, 0.2) is 29.6 Å². The quantitative estimate of drug-likeness (QED) is 0.469. The van der Waals surface area contributed by atoms with Gasteiger partial charge in [-0.1, -0.05) is 29.0 Å². The van der Waals surface area contributed by atoms with E-state index >= 15 is 0 Å². The molecular formula is C20H26N6OS. The molecular weight excluding hydrogens is 372 g/mol. The Morgan fingerprint density at radius 1 is 1.18 bits per heavy atom. The molecule has 0 saturated heterocycles. The number of anilines is 1. The predicted octanol–water partition coefficient (Wildman–Crippen LogP) is 3.42. The predicted molar refractivity (Wildman–Crippen MR) is 114 cm³/mol. The van der Waals surface area contributed by atoms with Crippen molar-refractivity contribution in [2.45, 2.75) is 45.4 Å². The van der Waals surface area contributed by atoms with Crippen molar-refractivity contribution < 1.29 is 4.79 Å². The Morgan fingerprint density at radius 3 is 2.54 bits per heavy atom. The molecule has 2 aromatic heterocycles. The van der Waals surface area contributed by atoms with Crippen molar-refractivity contribution in [3.63, 3.8) is 0 Å². The minimum atomic E-state index is -0.0788. The molecule has 0 aliphatic carbocycles. The van der Waals surface area contributed by atoms with Crippen LogP contribution in [0.3, 0.4) is 0 Å². The molecule has 7 nitrogen and oxygen atoms in total. The van der Waals surface area contributed by atoms with E-state index in [0.29, 0.717) is 23.8 Å². The van der Waals surface area contributed by atoms with Gasteiger partial charge in [0.1, 0.15) is 5.82 Å². The molecule has 0 aliphatic rings. The van der Waals surface area contributed by atoms with Gasteiger partial charge in [-0.25, -0.2) is 14.6 Å². The molecule has 0 aliphatic heterocycles. The van der Waals surface area contributed by atoms with E-state index in [2.05, 4.69) is 45.6 Å². The second-order valence-electron chi connectivity index (χ2n) is 7.10. The number of rotatable bonds is 7. The average Bonchev–Trinajstić information content (AvgIpc) is 3.03. The summed E-state index contributed by atoms with van der Waals surface area (Å²) in [5.41, 5.74) is 3.60. The Labute approximate surface area is 169 Å². The van der Waals surface area contributed by atoms with Crippen LogP contribution in [0.2, 0.25) is 0 Å². The van der Waals surface area contributed by atoms with Crippen molar-refractivity contribution in [2.75, 3.05) is 18.1 Å². The number of fused-ring (bicyclic) bond motifs is 1. The number of hydrogen-bond acceptors (Lipinski definition) is 6. The third kappa shape index (κ3) is 4.62. The summed E-state index contributed by atoms with van der Waals surface area (Å²) in [5.74, 6) is 0.708. The van der Waals surface area contributed by atoms with Crippen LogP contribution in [0.4, 0.5) is 5.82 Å². The zero-order valence-electron chi connectivity index (χ0n) is 16.9. The van der Waals surface area contributed by atoms with E-state index < -0.39 is 0 Å². The van der Waals surface area contributed by atoms with Gasteiger partial charge < -0.3 is 10.6 Å². The summed E-state index contributed by atoms with van der Waals surface area (Å²) in [6, 6.07) is 6.10. The minimum Gasteiger partial charge on any atom is -0.367 e. The van der Waals surface area contributed by atoms with E-state index in [-0.39, 0.29) is 11.9 Å². The van der Waals surface area contributed by atoms with Gasteiger partial charge in [-0.15, -0.1) is 0 Å². The Kier molecular flexibility index (Phi) is 6.18. The standard InChI is InChI=1S/C20H26N6OS/c1-12(2)23-17-16-11-22-26(18(16)25-20(24-17)28-5)7-6-21-19(27)15-9-13(3)8-14(4)10-15/h8-12H,6-7H2,1-5H3,(H,21,27)(H,23,24,25). The molecule has 2 N–H and O–H groups in total. The van der Waals surface area contributed by atoms with Crippen LogP contribution in [0.1, 0.15) is 35.3 Å². The Hall–Kier alpha value is -2.61. The highest BCUT2D eigenvalue weighted by molar-refractivity contribution is 7.98. The van der Waals surface area contributed by atoms with Crippen LogP contribution in [-0.4, -0.2) is 44.5 Å². The summed E-state index contributed by atoms with van der Waals surface area (Å²) >= 11 is 1.49. The molecule has 148 valence electrons. The summed E-state index contributed by atoms with van der Waals surface area (Å²) in [5, 5.41) is 12.3. The summed E-state index contributed by atoms with van der Waals surface area (Å²) < 4.78 is 1.81. The number of amides is 1. The summed E-state index contributed by atoms with van der Waals surface area (Å²) in [7, 11) is 0. The van der Waals surface area contributed by atoms with Crippen LogP contribution in [0.25, 0.3) is 11.0 Å². The SMILES string of the molecule is CSc1nc(NC(C)C)c2cnn(CCNC(=O)c3cc(C)cc(C)c3)c2n1. The monoisotopic (exact) mass is 398 g/mol. The van der Waals surface area contributed by atoms with E-state index in [0.717, 1.165) is 28.0 Å². The molecule has 3 rings (SSSR count). The van der Waals surface area contributed by atoms with Crippen molar-refractivity contribution >= 4 is 34.5 Å². The second-order valence-corrected chi connectivity index (χ2v) is 7.87. The lowest BCUT2D eigenvalue weighted by molar-refractivity contribution is 0.0952. The number of hydrogen-bond donors (Lipinski definition) is 2. The van der Waals surface area contributed by atoms with Gasteiger partial charge in [-0.05, 0) is 46.1 Å². The molecule has 3 aromatic rings. The number of aromatic nitrogens is 4. The normalized spacial score (nSPS) is 11.2. The number of carbonyl (C=O) groups excluding carboxylic acids is 1. The molecule has 0 unspecified atom stereocenters. The van der Waals surface area contributed by atoms with Crippen LogP contribution in [-0.2, 0) is 6.54 Å². The number of carbonyl (C=O) groups is 1. The van der Waals surface area contributed by atoms with E-state index in [1.807, 2.05) is 36.9 Å². The summed E-state index contributed by atoms with van der Waals surface area (Å²) in [4.78, 5) is 21.6. The molecule has 0 radical (unpaired) electrons. The van der Waals surface area contributed by atoms with E-state index in [9.17, 15) is 4.79 Å². The van der Waals surface area contributed by atoms with Crippen molar-refractivity contribution in [3.8, 4) is 0 Å². The number of nitrogens with zero attached hydrogens (tertiary/aromatic N) is 4. The van der Waals surface area contributed by atoms with Gasteiger partial charge >= 0.3 is 0 Å². The van der Waals surface area contributed by atoms with Crippen LogP contribution in [0.5, 0.6) is 0 Å². The second kappa shape index (κ2) is 8.60. The summed E-state index contributed by atoms with van der Waals surface area (Å²) in [6.45, 7) is 9.12. The lowest BCUT2D eigenvalue weighted by Crippen LogP contribution is -2.27. The first kappa shape index (κ1) is 20.1. The Balaban J connectivity index is 1.74.